The molecule has 0 bridgehead atoms. The Balaban J connectivity index is 2.49. The Kier molecular flexibility index (Phi) is 4.99. The molecule has 1 saturated carbocycles. The number of hydrogen-bond donors (Lipinski definition) is 0. The van der Waals surface area contributed by atoms with Crippen LogP contribution in [0.4, 0.5) is 0 Å². The van der Waals surface area contributed by atoms with Crippen molar-refractivity contribution in [2.75, 3.05) is 7.11 Å². The van der Waals surface area contributed by atoms with Crippen LogP contribution in [0.5, 0.6) is 0 Å². The number of nitrogens with zero attached hydrogens (tertiary/aromatic N) is 1. The molecule has 2 heteroatoms. The highest BCUT2D eigenvalue weighted by Crippen LogP contribution is 2.35. The van der Waals surface area contributed by atoms with E-state index in [-0.39, 0.29) is 0 Å². The van der Waals surface area contributed by atoms with Crippen LogP contribution < -0.4 is 0 Å². The Bertz CT molecular complexity index is 185. The molecule has 0 aliphatic heterocycles. The minimum absolute atomic E-state index is 0.669. The summed E-state index contributed by atoms with van der Waals surface area (Å²) < 4.78 is 0. The fourth-order valence-corrected chi connectivity index (χ4v) is 1.98. The van der Waals surface area contributed by atoms with Crippen molar-refractivity contribution in [3.05, 3.63) is 0 Å². The van der Waals surface area contributed by atoms with Crippen LogP contribution in [-0.4, -0.2) is 12.8 Å². The molecule has 82 valence electrons. The Hall–Kier alpha value is -0.530. The summed E-state index contributed by atoms with van der Waals surface area (Å²) in [5.41, 5.74) is 1.34. The van der Waals surface area contributed by atoms with Crippen LogP contribution in [0.3, 0.4) is 0 Å². The Labute approximate surface area is 87.7 Å². The average molecular weight is 197 g/mol. The monoisotopic (exact) mass is 197 g/mol. The van der Waals surface area contributed by atoms with E-state index in [0.29, 0.717) is 5.92 Å². The smallest absolute Gasteiger partial charge is 0.106 e. The zero-order valence-corrected chi connectivity index (χ0v) is 9.75. The predicted molar refractivity (Wildman–Crippen MR) is 60.5 cm³/mol. The summed E-state index contributed by atoms with van der Waals surface area (Å²) in [5, 5.41) is 4.23. The third-order valence-corrected chi connectivity index (χ3v) is 3.01. The molecule has 0 aromatic heterocycles. The van der Waals surface area contributed by atoms with Crippen LogP contribution in [0.1, 0.15) is 52.4 Å². The second-order valence-electron chi connectivity index (χ2n) is 4.22. The van der Waals surface area contributed by atoms with Crippen molar-refractivity contribution in [3.8, 4) is 0 Å². The first-order valence-corrected chi connectivity index (χ1v) is 5.94. The molecule has 1 aliphatic carbocycles. The van der Waals surface area contributed by atoms with Gasteiger partial charge in [-0.2, -0.15) is 0 Å². The van der Waals surface area contributed by atoms with Crippen molar-refractivity contribution in [2.24, 2.45) is 17.0 Å². The van der Waals surface area contributed by atoms with Gasteiger partial charge in [0, 0.05) is 11.8 Å². The van der Waals surface area contributed by atoms with E-state index in [1.807, 2.05) is 0 Å². The molecule has 1 rings (SSSR count). The van der Waals surface area contributed by atoms with Crippen molar-refractivity contribution >= 4 is 5.71 Å². The molecule has 0 N–H and O–H groups in total. The maximum atomic E-state index is 4.96. The third-order valence-electron chi connectivity index (χ3n) is 3.01. The lowest BCUT2D eigenvalue weighted by atomic mass is 9.91. The van der Waals surface area contributed by atoms with Gasteiger partial charge in [-0.3, -0.25) is 0 Å². The van der Waals surface area contributed by atoms with E-state index in [4.69, 9.17) is 4.84 Å². The van der Waals surface area contributed by atoms with Gasteiger partial charge in [0.1, 0.15) is 7.11 Å². The van der Waals surface area contributed by atoms with E-state index in [2.05, 4.69) is 19.0 Å². The summed E-state index contributed by atoms with van der Waals surface area (Å²) in [6.07, 6.45) is 7.73. The van der Waals surface area contributed by atoms with Gasteiger partial charge < -0.3 is 4.84 Å². The van der Waals surface area contributed by atoms with Crippen molar-refractivity contribution in [3.63, 3.8) is 0 Å². The van der Waals surface area contributed by atoms with Crippen LogP contribution in [0.15, 0.2) is 5.16 Å². The minimum atomic E-state index is 0.669. The van der Waals surface area contributed by atoms with Gasteiger partial charge in [-0.25, -0.2) is 0 Å². The highest BCUT2D eigenvalue weighted by molar-refractivity contribution is 5.90. The topological polar surface area (TPSA) is 21.6 Å². The first-order chi connectivity index (χ1) is 6.83. The van der Waals surface area contributed by atoms with Crippen molar-refractivity contribution in [1.29, 1.82) is 0 Å². The summed E-state index contributed by atoms with van der Waals surface area (Å²) in [7, 11) is 1.66. The van der Waals surface area contributed by atoms with Crippen LogP contribution in [0.25, 0.3) is 0 Å². The molecule has 0 aromatic rings. The lowest BCUT2D eigenvalue weighted by Gasteiger charge is -2.16. The molecular weight excluding hydrogens is 174 g/mol. The van der Waals surface area contributed by atoms with Crippen molar-refractivity contribution in [1.82, 2.24) is 0 Å². The number of rotatable bonds is 7. The van der Waals surface area contributed by atoms with Gasteiger partial charge in [-0.05, 0) is 25.7 Å². The lowest BCUT2D eigenvalue weighted by Crippen LogP contribution is -2.16. The first kappa shape index (κ1) is 11.5. The average Bonchev–Trinajstić information content (AvgIpc) is 3.00. The number of oxime groups is 1. The number of hydrogen-bond acceptors (Lipinski definition) is 2. The maximum absolute atomic E-state index is 4.96. The highest BCUT2D eigenvalue weighted by atomic mass is 16.6. The second-order valence-corrected chi connectivity index (χ2v) is 4.22. The van der Waals surface area contributed by atoms with Gasteiger partial charge in [0.25, 0.3) is 0 Å². The molecule has 0 amide bonds. The standard InChI is InChI=1S/C12H23NO/c1-4-6-7-10(5-2)12(13-14-3)11-8-9-11/h10-11H,4-9H2,1-3H3. The molecule has 0 aromatic carbocycles. The van der Waals surface area contributed by atoms with Crippen LogP contribution in [-0.2, 0) is 4.84 Å². The fourth-order valence-electron chi connectivity index (χ4n) is 1.98. The van der Waals surface area contributed by atoms with Crippen LogP contribution >= 0.6 is 0 Å². The molecule has 0 spiro atoms. The van der Waals surface area contributed by atoms with E-state index in [1.165, 1.54) is 44.2 Å². The largest absolute Gasteiger partial charge is 0.399 e. The molecule has 1 atom stereocenters. The zero-order valence-electron chi connectivity index (χ0n) is 9.75. The lowest BCUT2D eigenvalue weighted by molar-refractivity contribution is 0.209. The Morgan fingerprint density at radius 3 is 2.57 bits per heavy atom. The minimum Gasteiger partial charge on any atom is -0.399 e. The van der Waals surface area contributed by atoms with E-state index in [0.717, 1.165) is 5.92 Å². The van der Waals surface area contributed by atoms with Gasteiger partial charge in [0.15, 0.2) is 0 Å². The molecule has 1 unspecified atom stereocenters. The second kappa shape index (κ2) is 6.05. The third kappa shape index (κ3) is 3.32. The normalized spacial score (nSPS) is 19.5. The molecule has 0 saturated heterocycles. The van der Waals surface area contributed by atoms with E-state index in [9.17, 15) is 0 Å². The Morgan fingerprint density at radius 2 is 2.14 bits per heavy atom. The maximum Gasteiger partial charge on any atom is 0.106 e. The van der Waals surface area contributed by atoms with Gasteiger partial charge >= 0.3 is 0 Å². The highest BCUT2D eigenvalue weighted by Gasteiger charge is 2.32. The summed E-state index contributed by atoms with van der Waals surface area (Å²) in [5.74, 6) is 1.42. The molecular formula is C12H23NO. The molecule has 1 aliphatic rings. The van der Waals surface area contributed by atoms with Gasteiger partial charge in [0.05, 0.1) is 5.71 Å². The molecule has 0 heterocycles. The van der Waals surface area contributed by atoms with Crippen LogP contribution in [0, 0.1) is 11.8 Å². The van der Waals surface area contributed by atoms with Gasteiger partial charge in [-0.15, -0.1) is 0 Å². The predicted octanol–water partition coefficient (Wildman–Crippen LogP) is 3.62. The fraction of sp³-hybridized carbons (Fsp3) is 0.917. The molecule has 2 nitrogen and oxygen atoms in total. The molecule has 1 fully saturated rings. The van der Waals surface area contributed by atoms with Crippen molar-refractivity contribution < 1.29 is 4.84 Å². The van der Waals surface area contributed by atoms with E-state index >= 15 is 0 Å². The van der Waals surface area contributed by atoms with Crippen molar-refractivity contribution in [2.45, 2.75) is 52.4 Å². The summed E-state index contributed by atoms with van der Waals surface area (Å²) in [6, 6.07) is 0. The quantitative estimate of drug-likeness (QED) is 0.451. The molecule has 14 heavy (non-hydrogen) atoms. The molecule has 0 radical (unpaired) electrons. The Morgan fingerprint density at radius 1 is 1.43 bits per heavy atom. The number of unbranched alkanes of at least 4 members (excludes halogenated alkanes) is 1. The van der Waals surface area contributed by atoms with E-state index < -0.39 is 0 Å². The first-order valence-electron chi connectivity index (χ1n) is 5.94. The van der Waals surface area contributed by atoms with E-state index in [1.54, 1.807) is 7.11 Å². The zero-order chi connectivity index (χ0) is 10.4. The van der Waals surface area contributed by atoms with Gasteiger partial charge in [0.2, 0.25) is 0 Å². The van der Waals surface area contributed by atoms with Gasteiger partial charge in [-0.1, -0.05) is 31.8 Å². The summed E-state index contributed by atoms with van der Waals surface area (Å²) >= 11 is 0. The SMILES string of the molecule is CCCCC(CC)C(=NOC)C1CC1. The van der Waals surface area contributed by atoms with Crippen LogP contribution in [0.2, 0.25) is 0 Å². The summed E-state index contributed by atoms with van der Waals surface area (Å²) in [6.45, 7) is 4.50. The summed E-state index contributed by atoms with van der Waals surface area (Å²) in [4.78, 5) is 4.96.